The zero-order chi connectivity index (χ0) is 12.6. The molecular formula is C11H17ClFNO2. The highest BCUT2D eigenvalue weighted by atomic mass is 35.5. The van der Waals surface area contributed by atoms with Gasteiger partial charge in [-0.25, -0.2) is 9.37 Å². The number of methoxy groups -OCH3 is 1. The molecule has 0 aliphatic heterocycles. The molecule has 0 saturated carbocycles. The van der Waals surface area contributed by atoms with Crippen molar-refractivity contribution in [3.63, 3.8) is 0 Å². The first-order chi connectivity index (χ1) is 7.65. The summed E-state index contributed by atoms with van der Waals surface area (Å²) in [5.74, 6) is -0.557. The van der Waals surface area contributed by atoms with Crippen LogP contribution in [-0.4, -0.2) is 23.8 Å². The molecular weight excluding hydrogens is 233 g/mol. The summed E-state index contributed by atoms with van der Waals surface area (Å²) < 4.78 is 17.9. The largest absolute Gasteiger partial charge is 0.387 e. The minimum atomic E-state index is -0.978. The predicted molar refractivity (Wildman–Crippen MR) is 62.0 cm³/mol. The Balaban J connectivity index is 0.00000106. The lowest BCUT2D eigenvalue weighted by atomic mass is 10.1. The Hall–Kier alpha value is -0.710. The average molecular weight is 250 g/mol. The van der Waals surface area contributed by atoms with Crippen molar-refractivity contribution >= 4 is 11.6 Å². The van der Waals surface area contributed by atoms with Gasteiger partial charge in [-0.1, -0.05) is 25.4 Å². The number of aliphatic hydroxyl groups is 1. The third-order valence-corrected chi connectivity index (χ3v) is 1.96. The van der Waals surface area contributed by atoms with Crippen LogP contribution in [0.2, 0.25) is 5.15 Å². The second-order valence-electron chi connectivity index (χ2n) is 2.80. The lowest BCUT2D eigenvalue weighted by Crippen LogP contribution is -2.06. The summed E-state index contributed by atoms with van der Waals surface area (Å²) >= 11 is 5.57. The first-order valence-corrected chi connectivity index (χ1v) is 5.52. The van der Waals surface area contributed by atoms with Gasteiger partial charge in [0.25, 0.3) is 0 Å². The first kappa shape index (κ1) is 15.3. The van der Waals surface area contributed by atoms with E-state index in [1.165, 1.54) is 19.2 Å². The third-order valence-electron chi connectivity index (χ3n) is 1.75. The fourth-order valence-electron chi connectivity index (χ4n) is 1.03. The normalized spacial score (nSPS) is 11.6. The summed E-state index contributed by atoms with van der Waals surface area (Å²) in [7, 11) is 1.51. The smallest absolute Gasteiger partial charge is 0.147 e. The molecule has 0 fully saturated rings. The van der Waals surface area contributed by atoms with Gasteiger partial charge in [0.2, 0.25) is 0 Å². The van der Waals surface area contributed by atoms with Crippen molar-refractivity contribution in [3.8, 4) is 0 Å². The molecule has 1 aromatic heterocycles. The van der Waals surface area contributed by atoms with Crippen LogP contribution in [0.3, 0.4) is 0 Å². The molecule has 0 aromatic carbocycles. The SMILES string of the molecule is CC.COCCC(O)c1nc(Cl)ccc1F. The van der Waals surface area contributed by atoms with E-state index in [2.05, 4.69) is 4.98 Å². The summed E-state index contributed by atoms with van der Waals surface area (Å²) in [6.45, 7) is 4.34. The number of pyridine rings is 1. The molecule has 0 aliphatic carbocycles. The van der Waals surface area contributed by atoms with Gasteiger partial charge in [-0.3, -0.25) is 0 Å². The molecule has 0 spiro atoms. The molecule has 1 N–H and O–H groups in total. The minimum Gasteiger partial charge on any atom is -0.387 e. The topological polar surface area (TPSA) is 42.4 Å². The molecule has 3 nitrogen and oxygen atoms in total. The van der Waals surface area contributed by atoms with Crippen molar-refractivity contribution in [2.45, 2.75) is 26.4 Å². The fourth-order valence-corrected chi connectivity index (χ4v) is 1.19. The number of ether oxygens (including phenoxy) is 1. The highest BCUT2D eigenvalue weighted by Gasteiger charge is 2.14. The highest BCUT2D eigenvalue weighted by Crippen LogP contribution is 2.19. The monoisotopic (exact) mass is 249 g/mol. The number of rotatable bonds is 4. The molecule has 1 aromatic rings. The molecule has 0 radical (unpaired) electrons. The summed E-state index contributed by atoms with van der Waals surface area (Å²) in [4.78, 5) is 3.71. The van der Waals surface area contributed by atoms with Gasteiger partial charge in [0, 0.05) is 20.1 Å². The average Bonchev–Trinajstić information content (AvgIpc) is 2.31. The van der Waals surface area contributed by atoms with Crippen LogP contribution in [0.25, 0.3) is 0 Å². The minimum absolute atomic E-state index is 0.0328. The third kappa shape index (κ3) is 4.88. The number of nitrogens with zero attached hydrogens (tertiary/aromatic N) is 1. The maximum absolute atomic E-state index is 13.1. The van der Waals surface area contributed by atoms with Crippen molar-refractivity contribution < 1.29 is 14.2 Å². The first-order valence-electron chi connectivity index (χ1n) is 5.14. The second-order valence-corrected chi connectivity index (χ2v) is 3.19. The van der Waals surface area contributed by atoms with Crippen LogP contribution in [0, 0.1) is 5.82 Å². The predicted octanol–water partition coefficient (Wildman–Crippen LogP) is 2.97. The van der Waals surface area contributed by atoms with Gasteiger partial charge in [0.15, 0.2) is 0 Å². The van der Waals surface area contributed by atoms with Crippen molar-refractivity contribution in [3.05, 3.63) is 28.8 Å². The van der Waals surface area contributed by atoms with Crippen LogP contribution in [0.15, 0.2) is 12.1 Å². The zero-order valence-corrected chi connectivity index (χ0v) is 10.5. The Morgan fingerprint density at radius 2 is 2.12 bits per heavy atom. The Kier molecular flexibility index (Phi) is 8.07. The molecule has 0 saturated heterocycles. The van der Waals surface area contributed by atoms with E-state index in [-0.39, 0.29) is 10.8 Å². The van der Waals surface area contributed by atoms with Crippen LogP contribution in [0.1, 0.15) is 32.1 Å². The Morgan fingerprint density at radius 1 is 1.50 bits per heavy atom. The van der Waals surface area contributed by atoms with Crippen LogP contribution < -0.4 is 0 Å². The van der Waals surface area contributed by atoms with Gasteiger partial charge in [-0.2, -0.15) is 0 Å². The molecule has 1 atom stereocenters. The number of hydrogen-bond acceptors (Lipinski definition) is 3. The molecule has 92 valence electrons. The van der Waals surface area contributed by atoms with Crippen LogP contribution in [0.5, 0.6) is 0 Å². The van der Waals surface area contributed by atoms with E-state index in [0.717, 1.165) is 0 Å². The number of hydrogen-bond donors (Lipinski definition) is 1. The number of aromatic nitrogens is 1. The quantitative estimate of drug-likeness (QED) is 0.835. The maximum atomic E-state index is 13.1. The van der Waals surface area contributed by atoms with Gasteiger partial charge in [0.05, 0.1) is 0 Å². The molecule has 1 rings (SSSR count). The van der Waals surface area contributed by atoms with Gasteiger partial charge in [-0.15, -0.1) is 0 Å². The maximum Gasteiger partial charge on any atom is 0.147 e. The van der Waals surface area contributed by atoms with E-state index in [9.17, 15) is 9.50 Å². The lowest BCUT2D eigenvalue weighted by molar-refractivity contribution is 0.105. The zero-order valence-electron chi connectivity index (χ0n) is 9.70. The standard InChI is InChI=1S/C9H11ClFNO2.C2H6/c1-14-5-4-7(13)9-6(11)2-3-8(10)12-9;1-2/h2-3,7,13H,4-5H2,1H3;1-2H3. The van der Waals surface area contributed by atoms with Gasteiger partial charge >= 0.3 is 0 Å². The number of halogens is 2. The Bertz CT molecular complexity index is 310. The van der Waals surface area contributed by atoms with Crippen molar-refractivity contribution in [1.29, 1.82) is 0 Å². The van der Waals surface area contributed by atoms with Crippen molar-refractivity contribution in [1.82, 2.24) is 4.98 Å². The molecule has 16 heavy (non-hydrogen) atoms. The molecule has 1 unspecified atom stereocenters. The molecule has 5 heteroatoms. The molecule has 0 amide bonds. The van der Waals surface area contributed by atoms with E-state index in [4.69, 9.17) is 16.3 Å². The van der Waals surface area contributed by atoms with Crippen molar-refractivity contribution in [2.75, 3.05) is 13.7 Å². The molecule has 0 aliphatic rings. The summed E-state index contributed by atoms with van der Waals surface area (Å²) in [6, 6.07) is 2.52. The van der Waals surface area contributed by atoms with E-state index in [1.807, 2.05) is 13.8 Å². The Labute approximate surface area is 100 Å². The van der Waals surface area contributed by atoms with Crippen LogP contribution in [0.4, 0.5) is 4.39 Å². The summed E-state index contributed by atoms with van der Waals surface area (Å²) in [5, 5.41) is 9.68. The van der Waals surface area contributed by atoms with E-state index in [0.29, 0.717) is 13.0 Å². The van der Waals surface area contributed by atoms with E-state index < -0.39 is 11.9 Å². The fraction of sp³-hybridized carbons (Fsp3) is 0.545. The molecule has 1 heterocycles. The summed E-state index contributed by atoms with van der Waals surface area (Å²) in [6.07, 6.45) is -0.686. The van der Waals surface area contributed by atoms with E-state index in [1.54, 1.807) is 0 Å². The molecule has 0 bridgehead atoms. The van der Waals surface area contributed by atoms with Crippen LogP contribution >= 0.6 is 11.6 Å². The van der Waals surface area contributed by atoms with Crippen molar-refractivity contribution in [2.24, 2.45) is 0 Å². The van der Waals surface area contributed by atoms with Gasteiger partial charge in [0.1, 0.15) is 22.8 Å². The number of aliphatic hydroxyl groups excluding tert-OH is 1. The van der Waals surface area contributed by atoms with Gasteiger partial charge in [-0.05, 0) is 12.1 Å². The lowest BCUT2D eigenvalue weighted by Gasteiger charge is -2.10. The van der Waals surface area contributed by atoms with E-state index >= 15 is 0 Å². The van der Waals surface area contributed by atoms with Crippen LogP contribution in [-0.2, 0) is 4.74 Å². The highest BCUT2D eigenvalue weighted by molar-refractivity contribution is 6.29. The second kappa shape index (κ2) is 8.44. The van der Waals surface area contributed by atoms with Gasteiger partial charge < -0.3 is 9.84 Å². The summed E-state index contributed by atoms with van der Waals surface area (Å²) in [5.41, 5.74) is -0.0328. The Morgan fingerprint density at radius 3 is 2.69 bits per heavy atom.